The summed E-state index contributed by atoms with van der Waals surface area (Å²) in [7, 11) is 0. The van der Waals surface area contributed by atoms with Gasteiger partial charge < -0.3 is 0 Å². The predicted molar refractivity (Wildman–Crippen MR) is 87.9 cm³/mol. The van der Waals surface area contributed by atoms with Crippen molar-refractivity contribution in [3.8, 4) is 0 Å². The lowest BCUT2D eigenvalue weighted by Crippen LogP contribution is -2.05. The molecule has 0 saturated heterocycles. The fourth-order valence-electron chi connectivity index (χ4n) is 2.13. The highest BCUT2D eigenvalue weighted by Crippen LogP contribution is 2.11. The summed E-state index contributed by atoms with van der Waals surface area (Å²) in [6.07, 6.45) is 1.50. The number of carbonyl (C=O) groups is 1. The number of benzene rings is 2. The van der Waals surface area contributed by atoms with Crippen LogP contribution in [0.4, 0.5) is 0 Å². The first-order chi connectivity index (χ1) is 9.49. The summed E-state index contributed by atoms with van der Waals surface area (Å²) in [5.41, 5.74) is 0. The van der Waals surface area contributed by atoms with Crippen LogP contribution in [0.15, 0.2) is 48.5 Å². The smallest absolute Gasteiger partial charge is 0.133 e. The standard InChI is InChI=1S/C10H8.C9H18O/c1-2-6-10-8-4-3-7-9(10)5-1;1-7(2)5-9(10)6-8(3)4/h1-8H;7-8H,5-6H2,1-4H3. The lowest BCUT2D eigenvalue weighted by atomic mass is 10.00. The molecule has 1 heteroatoms. The Morgan fingerprint density at radius 2 is 1.05 bits per heavy atom. The fourth-order valence-corrected chi connectivity index (χ4v) is 2.13. The maximum Gasteiger partial charge on any atom is 0.133 e. The molecule has 0 unspecified atom stereocenters. The second kappa shape index (κ2) is 8.52. The summed E-state index contributed by atoms with van der Waals surface area (Å²) < 4.78 is 0. The zero-order valence-corrected chi connectivity index (χ0v) is 13.1. The zero-order valence-electron chi connectivity index (χ0n) is 13.1. The molecule has 0 radical (unpaired) electrons. The Hall–Kier alpha value is -1.63. The first-order valence-corrected chi connectivity index (χ1v) is 7.44. The van der Waals surface area contributed by atoms with Crippen molar-refractivity contribution >= 4 is 16.6 Å². The van der Waals surface area contributed by atoms with Gasteiger partial charge in [-0.25, -0.2) is 0 Å². The normalized spacial score (nSPS) is 10.5. The third-order valence-electron chi connectivity index (χ3n) is 2.93. The summed E-state index contributed by atoms with van der Waals surface area (Å²) in [4.78, 5) is 11.1. The number of carbonyl (C=O) groups excluding carboxylic acids is 1. The van der Waals surface area contributed by atoms with Crippen molar-refractivity contribution in [2.45, 2.75) is 40.5 Å². The van der Waals surface area contributed by atoms with Crippen LogP contribution in [0.25, 0.3) is 10.8 Å². The maximum atomic E-state index is 11.1. The summed E-state index contributed by atoms with van der Waals surface area (Å²) >= 11 is 0. The van der Waals surface area contributed by atoms with Crippen LogP contribution >= 0.6 is 0 Å². The number of rotatable bonds is 4. The van der Waals surface area contributed by atoms with E-state index >= 15 is 0 Å². The quantitative estimate of drug-likeness (QED) is 0.718. The third-order valence-corrected chi connectivity index (χ3v) is 2.93. The van der Waals surface area contributed by atoms with Crippen LogP contribution in [0.3, 0.4) is 0 Å². The second-order valence-corrected chi connectivity index (χ2v) is 6.08. The van der Waals surface area contributed by atoms with E-state index in [-0.39, 0.29) is 0 Å². The van der Waals surface area contributed by atoms with E-state index in [1.165, 1.54) is 10.8 Å². The number of Topliss-reactive ketones (excluding diaryl/α,β-unsaturated/α-hetero) is 1. The lowest BCUT2D eigenvalue weighted by molar-refractivity contribution is -0.120. The first kappa shape index (κ1) is 16.4. The molecule has 0 fully saturated rings. The molecule has 0 heterocycles. The van der Waals surface area contributed by atoms with Gasteiger partial charge in [-0.05, 0) is 22.6 Å². The molecule has 0 aliphatic carbocycles. The van der Waals surface area contributed by atoms with E-state index in [0.717, 1.165) is 12.8 Å². The van der Waals surface area contributed by atoms with Crippen molar-refractivity contribution in [2.75, 3.05) is 0 Å². The molecule has 0 aliphatic heterocycles. The maximum absolute atomic E-state index is 11.1. The Kier molecular flexibility index (Phi) is 7.00. The van der Waals surface area contributed by atoms with Gasteiger partial charge >= 0.3 is 0 Å². The van der Waals surface area contributed by atoms with E-state index in [4.69, 9.17) is 0 Å². The number of hydrogen-bond acceptors (Lipinski definition) is 1. The third kappa shape index (κ3) is 6.51. The molecule has 0 saturated carbocycles. The summed E-state index contributed by atoms with van der Waals surface area (Å²) in [6, 6.07) is 16.7. The van der Waals surface area contributed by atoms with Gasteiger partial charge in [0.25, 0.3) is 0 Å². The minimum absolute atomic E-state index is 0.407. The first-order valence-electron chi connectivity index (χ1n) is 7.44. The molecule has 0 N–H and O–H groups in total. The predicted octanol–water partition coefficient (Wildman–Crippen LogP) is 5.49. The van der Waals surface area contributed by atoms with E-state index in [1.54, 1.807) is 0 Å². The number of fused-ring (bicyclic) bond motifs is 1. The Balaban J connectivity index is 0.000000200. The monoisotopic (exact) mass is 270 g/mol. The van der Waals surface area contributed by atoms with Crippen LogP contribution in [-0.4, -0.2) is 5.78 Å². The Labute approximate surface area is 123 Å². The van der Waals surface area contributed by atoms with Crippen LogP contribution in [0.1, 0.15) is 40.5 Å². The topological polar surface area (TPSA) is 17.1 Å². The second-order valence-electron chi connectivity index (χ2n) is 6.08. The van der Waals surface area contributed by atoms with Crippen molar-refractivity contribution in [1.29, 1.82) is 0 Å². The molecular weight excluding hydrogens is 244 g/mol. The lowest BCUT2D eigenvalue weighted by Gasteiger charge is -2.05. The molecule has 0 bridgehead atoms. The van der Waals surface area contributed by atoms with Gasteiger partial charge in [-0.15, -0.1) is 0 Å². The minimum atomic E-state index is 0.407. The van der Waals surface area contributed by atoms with Crippen LogP contribution in [0.5, 0.6) is 0 Å². The van der Waals surface area contributed by atoms with Crippen molar-refractivity contribution in [3.63, 3.8) is 0 Å². The van der Waals surface area contributed by atoms with Crippen LogP contribution in [0, 0.1) is 11.8 Å². The summed E-state index contributed by atoms with van der Waals surface area (Å²) in [5.74, 6) is 1.45. The van der Waals surface area contributed by atoms with Crippen molar-refractivity contribution in [1.82, 2.24) is 0 Å². The molecule has 0 spiro atoms. The Morgan fingerprint density at radius 1 is 0.750 bits per heavy atom. The zero-order chi connectivity index (χ0) is 15.0. The molecule has 0 aromatic heterocycles. The van der Waals surface area contributed by atoms with Crippen molar-refractivity contribution in [3.05, 3.63) is 48.5 Å². The van der Waals surface area contributed by atoms with Gasteiger partial charge in [0.2, 0.25) is 0 Å². The fraction of sp³-hybridized carbons (Fsp3) is 0.421. The molecule has 0 aliphatic rings. The average Bonchev–Trinajstić information content (AvgIpc) is 2.37. The van der Waals surface area contributed by atoms with Gasteiger partial charge in [0, 0.05) is 12.8 Å². The van der Waals surface area contributed by atoms with E-state index in [0.29, 0.717) is 17.6 Å². The van der Waals surface area contributed by atoms with Crippen LogP contribution in [0.2, 0.25) is 0 Å². The van der Waals surface area contributed by atoms with Crippen molar-refractivity contribution < 1.29 is 4.79 Å². The number of ketones is 1. The van der Waals surface area contributed by atoms with E-state index in [9.17, 15) is 4.79 Å². The van der Waals surface area contributed by atoms with Gasteiger partial charge in [0.1, 0.15) is 5.78 Å². The van der Waals surface area contributed by atoms with Crippen LogP contribution in [-0.2, 0) is 4.79 Å². The largest absolute Gasteiger partial charge is 0.300 e. The Morgan fingerprint density at radius 3 is 1.30 bits per heavy atom. The molecule has 2 rings (SSSR count). The Bertz CT molecular complexity index is 449. The summed E-state index contributed by atoms with van der Waals surface area (Å²) in [5, 5.41) is 2.62. The molecule has 2 aromatic rings. The molecule has 0 amide bonds. The van der Waals surface area contributed by atoms with Gasteiger partial charge in [-0.2, -0.15) is 0 Å². The highest BCUT2D eigenvalue weighted by atomic mass is 16.1. The molecule has 108 valence electrons. The van der Waals surface area contributed by atoms with Gasteiger partial charge in [-0.3, -0.25) is 4.79 Å². The van der Waals surface area contributed by atoms with E-state index in [2.05, 4.69) is 76.2 Å². The molecule has 2 aromatic carbocycles. The number of hydrogen-bond donors (Lipinski definition) is 0. The van der Waals surface area contributed by atoms with Gasteiger partial charge in [0.15, 0.2) is 0 Å². The van der Waals surface area contributed by atoms with Gasteiger partial charge in [0.05, 0.1) is 0 Å². The van der Waals surface area contributed by atoms with E-state index < -0.39 is 0 Å². The average molecular weight is 270 g/mol. The molecule has 0 atom stereocenters. The molecule has 1 nitrogen and oxygen atoms in total. The van der Waals surface area contributed by atoms with Crippen molar-refractivity contribution in [2.24, 2.45) is 11.8 Å². The van der Waals surface area contributed by atoms with Gasteiger partial charge in [-0.1, -0.05) is 76.2 Å². The highest BCUT2D eigenvalue weighted by Gasteiger charge is 2.06. The summed E-state index contributed by atoms with van der Waals surface area (Å²) in [6.45, 7) is 8.33. The molecular formula is C19H26O. The minimum Gasteiger partial charge on any atom is -0.300 e. The SMILES string of the molecule is CC(C)CC(=O)CC(C)C.c1ccc2ccccc2c1. The van der Waals surface area contributed by atoms with Crippen LogP contribution < -0.4 is 0 Å². The highest BCUT2D eigenvalue weighted by molar-refractivity contribution is 5.82. The van der Waals surface area contributed by atoms with E-state index in [1.807, 2.05) is 0 Å². The molecule has 20 heavy (non-hydrogen) atoms.